The molecule has 136 valence electrons. The second-order valence-electron chi connectivity index (χ2n) is 6.53. The van der Waals surface area contributed by atoms with Crippen molar-refractivity contribution in [3.63, 3.8) is 0 Å². The molecule has 1 fully saturated rings. The first-order valence-electron chi connectivity index (χ1n) is 8.76. The molecule has 0 unspecified atom stereocenters. The Balaban J connectivity index is 1.93. The van der Waals surface area contributed by atoms with Gasteiger partial charge >= 0.3 is 0 Å². The van der Waals surface area contributed by atoms with Gasteiger partial charge in [0.25, 0.3) is 6.43 Å². The first-order valence-corrected chi connectivity index (χ1v) is 8.76. The van der Waals surface area contributed by atoms with Gasteiger partial charge in [-0.2, -0.15) is 0 Å². The Labute approximate surface area is 152 Å². The highest BCUT2D eigenvalue weighted by atomic mass is 19.3. The first-order chi connectivity index (χ1) is 12.5. The molecule has 0 radical (unpaired) electrons. The fourth-order valence-electron chi connectivity index (χ4n) is 3.07. The molecule has 0 bridgehead atoms. The van der Waals surface area contributed by atoms with Crippen molar-refractivity contribution in [1.29, 1.82) is 0 Å². The number of hydrogen-bond acceptors (Lipinski definition) is 2. The van der Waals surface area contributed by atoms with Crippen molar-refractivity contribution >= 4 is 17.6 Å². The molecule has 5 heteroatoms. The van der Waals surface area contributed by atoms with Gasteiger partial charge in [-0.25, -0.2) is 13.8 Å². The second kappa shape index (κ2) is 8.23. The molecule has 1 aliphatic heterocycles. The number of nitrogens with zero attached hydrogens (tertiary/aromatic N) is 1. The van der Waals surface area contributed by atoms with Gasteiger partial charge in [0.2, 0.25) is 0 Å². The van der Waals surface area contributed by atoms with E-state index < -0.39 is 6.43 Å². The van der Waals surface area contributed by atoms with E-state index in [1.165, 1.54) is 11.6 Å². The molecule has 0 spiro atoms. The molecular weight excluding hydrogens is 332 g/mol. The number of halogens is 2. The lowest BCUT2D eigenvalue weighted by atomic mass is 9.97. The fourth-order valence-corrected chi connectivity index (χ4v) is 3.07. The van der Waals surface area contributed by atoms with Gasteiger partial charge in [-0.05, 0) is 62.2 Å². The lowest BCUT2D eigenvalue weighted by Gasteiger charge is -2.16. The molecule has 3 nitrogen and oxygen atoms in total. The maximum atomic E-state index is 13.6. The first kappa shape index (κ1) is 18.3. The Morgan fingerprint density at radius 1 is 1.15 bits per heavy atom. The van der Waals surface area contributed by atoms with Crippen LogP contribution in [0.1, 0.15) is 41.5 Å². The summed E-state index contributed by atoms with van der Waals surface area (Å²) in [5.74, 6) is 0.235. The summed E-state index contributed by atoms with van der Waals surface area (Å²) in [7, 11) is 0. The summed E-state index contributed by atoms with van der Waals surface area (Å²) >= 11 is 0. The molecule has 2 aromatic rings. The van der Waals surface area contributed by atoms with Crippen LogP contribution in [-0.4, -0.2) is 18.9 Å². The SMILES string of the molecule is Cc1cccc(N=C(N)c2ccc(C=C3CCNCC3)c(C(F)F)c2)c1. The molecule has 0 saturated carbocycles. The molecule has 1 saturated heterocycles. The number of rotatable bonds is 4. The van der Waals surface area contributed by atoms with E-state index in [2.05, 4.69) is 10.3 Å². The summed E-state index contributed by atoms with van der Waals surface area (Å²) in [6.07, 6.45) is 1.11. The average Bonchev–Trinajstić information content (AvgIpc) is 2.62. The van der Waals surface area contributed by atoms with Gasteiger partial charge < -0.3 is 11.1 Å². The minimum atomic E-state index is -2.56. The maximum absolute atomic E-state index is 13.6. The zero-order valence-electron chi connectivity index (χ0n) is 14.8. The molecule has 1 heterocycles. The predicted molar refractivity (Wildman–Crippen MR) is 103 cm³/mol. The Hall–Kier alpha value is -2.53. The minimum absolute atomic E-state index is 0.00377. The van der Waals surface area contributed by atoms with E-state index in [4.69, 9.17) is 5.73 Å². The third-order valence-electron chi connectivity index (χ3n) is 4.47. The van der Waals surface area contributed by atoms with E-state index in [0.717, 1.165) is 31.5 Å². The molecule has 1 aliphatic rings. The van der Waals surface area contributed by atoms with Crippen LogP contribution in [0.5, 0.6) is 0 Å². The van der Waals surface area contributed by atoms with E-state index in [-0.39, 0.29) is 11.4 Å². The molecule has 0 atom stereocenters. The normalized spacial score (nSPS) is 15.4. The molecule has 3 rings (SSSR count). The lowest BCUT2D eigenvalue weighted by Crippen LogP contribution is -2.23. The summed E-state index contributed by atoms with van der Waals surface area (Å²) in [5.41, 5.74) is 10.1. The van der Waals surface area contributed by atoms with Crippen molar-refractivity contribution in [2.75, 3.05) is 13.1 Å². The van der Waals surface area contributed by atoms with E-state index >= 15 is 0 Å². The molecule has 26 heavy (non-hydrogen) atoms. The van der Waals surface area contributed by atoms with Crippen molar-refractivity contribution in [2.24, 2.45) is 10.7 Å². The van der Waals surface area contributed by atoms with Crippen LogP contribution in [-0.2, 0) is 0 Å². The molecular formula is C21H23F2N3. The van der Waals surface area contributed by atoms with Crippen LogP contribution in [0.25, 0.3) is 6.08 Å². The maximum Gasteiger partial charge on any atom is 0.264 e. The Bertz CT molecular complexity index is 833. The Morgan fingerprint density at radius 3 is 2.62 bits per heavy atom. The number of hydrogen-bond donors (Lipinski definition) is 2. The third kappa shape index (κ3) is 4.55. The Morgan fingerprint density at radius 2 is 1.92 bits per heavy atom. The van der Waals surface area contributed by atoms with Gasteiger partial charge in [0.15, 0.2) is 0 Å². The molecule has 0 amide bonds. The number of benzene rings is 2. The van der Waals surface area contributed by atoms with E-state index in [9.17, 15) is 8.78 Å². The molecule has 3 N–H and O–H groups in total. The van der Waals surface area contributed by atoms with Crippen molar-refractivity contribution in [3.8, 4) is 0 Å². The van der Waals surface area contributed by atoms with Crippen LogP contribution >= 0.6 is 0 Å². The summed E-state index contributed by atoms with van der Waals surface area (Å²) in [4.78, 5) is 4.36. The highest BCUT2D eigenvalue weighted by Gasteiger charge is 2.15. The number of alkyl halides is 2. The third-order valence-corrected chi connectivity index (χ3v) is 4.47. The van der Waals surface area contributed by atoms with E-state index in [0.29, 0.717) is 16.8 Å². The monoisotopic (exact) mass is 355 g/mol. The van der Waals surface area contributed by atoms with Crippen LogP contribution < -0.4 is 11.1 Å². The summed E-state index contributed by atoms with van der Waals surface area (Å²) in [6.45, 7) is 3.75. The van der Waals surface area contributed by atoms with Gasteiger partial charge in [-0.3, -0.25) is 0 Å². The molecule has 2 aromatic carbocycles. The fraction of sp³-hybridized carbons (Fsp3) is 0.286. The number of aliphatic imine (C=N–C) groups is 1. The topological polar surface area (TPSA) is 50.4 Å². The van der Waals surface area contributed by atoms with Gasteiger partial charge in [-0.15, -0.1) is 0 Å². The number of piperidine rings is 1. The largest absolute Gasteiger partial charge is 0.383 e. The zero-order chi connectivity index (χ0) is 18.5. The van der Waals surface area contributed by atoms with E-state index in [1.54, 1.807) is 12.1 Å². The smallest absolute Gasteiger partial charge is 0.264 e. The van der Waals surface area contributed by atoms with Crippen LogP contribution in [0, 0.1) is 6.92 Å². The van der Waals surface area contributed by atoms with E-state index in [1.807, 2.05) is 37.3 Å². The number of nitrogens with one attached hydrogen (secondary N) is 1. The average molecular weight is 355 g/mol. The highest BCUT2D eigenvalue weighted by Crippen LogP contribution is 2.28. The van der Waals surface area contributed by atoms with Crippen molar-refractivity contribution < 1.29 is 8.78 Å². The van der Waals surface area contributed by atoms with Gasteiger partial charge in [-0.1, -0.05) is 35.9 Å². The van der Waals surface area contributed by atoms with Gasteiger partial charge in [0.05, 0.1) is 5.69 Å². The van der Waals surface area contributed by atoms with Gasteiger partial charge in [0.1, 0.15) is 5.84 Å². The second-order valence-corrected chi connectivity index (χ2v) is 6.53. The highest BCUT2D eigenvalue weighted by molar-refractivity contribution is 5.99. The van der Waals surface area contributed by atoms with Crippen LogP contribution in [0.15, 0.2) is 53.0 Å². The number of aryl methyl sites for hydroxylation is 1. The van der Waals surface area contributed by atoms with Gasteiger partial charge in [0, 0.05) is 11.1 Å². The number of amidine groups is 1. The number of nitrogens with two attached hydrogens (primary N) is 1. The van der Waals surface area contributed by atoms with Crippen LogP contribution in [0.3, 0.4) is 0 Å². The van der Waals surface area contributed by atoms with Crippen LogP contribution in [0.2, 0.25) is 0 Å². The predicted octanol–water partition coefficient (Wildman–Crippen LogP) is 4.74. The summed E-state index contributed by atoms with van der Waals surface area (Å²) in [6, 6.07) is 12.5. The summed E-state index contributed by atoms with van der Waals surface area (Å²) in [5, 5.41) is 3.27. The van der Waals surface area contributed by atoms with Crippen molar-refractivity contribution in [3.05, 3.63) is 70.3 Å². The summed E-state index contributed by atoms with van der Waals surface area (Å²) < 4.78 is 27.2. The lowest BCUT2D eigenvalue weighted by molar-refractivity contribution is 0.151. The van der Waals surface area contributed by atoms with Crippen molar-refractivity contribution in [2.45, 2.75) is 26.2 Å². The molecule has 0 aliphatic carbocycles. The van der Waals surface area contributed by atoms with Crippen LogP contribution in [0.4, 0.5) is 14.5 Å². The minimum Gasteiger partial charge on any atom is -0.383 e. The van der Waals surface area contributed by atoms with Crippen molar-refractivity contribution in [1.82, 2.24) is 5.32 Å². The zero-order valence-corrected chi connectivity index (χ0v) is 14.8. The quantitative estimate of drug-likeness (QED) is 0.615. The Kier molecular flexibility index (Phi) is 5.78. The standard InChI is InChI=1S/C21H23F2N3/c1-14-3-2-4-18(11-14)26-21(24)17-6-5-16(19(13-17)20(22)23)12-15-7-9-25-10-8-15/h2-6,11-13,20,25H,7-10H2,1H3,(H2,24,26). The molecule has 0 aromatic heterocycles.